The van der Waals surface area contributed by atoms with Gasteiger partial charge in [-0.2, -0.15) is 0 Å². The van der Waals surface area contributed by atoms with E-state index in [1.165, 1.54) is 4.31 Å². The fourth-order valence-electron chi connectivity index (χ4n) is 2.56. The number of aromatic nitrogens is 1. The number of rotatable bonds is 5. The smallest absolute Gasteiger partial charge is 0.319 e. The Morgan fingerprint density at radius 3 is 2.86 bits per heavy atom. The van der Waals surface area contributed by atoms with Crippen LogP contribution in [0.2, 0.25) is 0 Å². The van der Waals surface area contributed by atoms with Crippen molar-refractivity contribution in [2.75, 3.05) is 30.7 Å². The maximum atomic E-state index is 11.9. The van der Waals surface area contributed by atoms with E-state index in [1.807, 2.05) is 0 Å². The molecule has 3 rings (SSSR count). The Morgan fingerprint density at radius 2 is 2.23 bits per heavy atom. The molecule has 2 amide bonds. The summed E-state index contributed by atoms with van der Waals surface area (Å²) >= 11 is 0. The number of urea groups is 1. The topological polar surface area (TPSA) is 105 Å². The first kappa shape index (κ1) is 15.3. The lowest BCUT2D eigenvalue weighted by Crippen LogP contribution is -2.37. The van der Waals surface area contributed by atoms with E-state index in [1.54, 1.807) is 6.92 Å². The molecule has 0 radical (unpaired) electrons. The summed E-state index contributed by atoms with van der Waals surface area (Å²) in [6, 6.07) is -0.371. The molecule has 1 aromatic heterocycles. The predicted molar refractivity (Wildman–Crippen MR) is 80.2 cm³/mol. The third kappa shape index (κ3) is 3.25. The number of amides is 2. The number of aryl methyl sites for hydroxylation is 1. The molecule has 2 aliphatic rings. The monoisotopic (exact) mass is 328 g/mol. The summed E-state index contributed by atoms with van der Waals surface area (Å²) in [7, 11) is -3.11. The molecule has 1 aromatic rings. The van der Waals surface area contributed by atoms with Gasteiger partial charge in [-0.05, 0) is 26.2 Å². The van der Waals surface area contributed by atoms with Crippen LogP contribution < -0.4 is 10.6 Å². The maximum Gasteiger partial charge on any atom is 0.319 e. The van der Waals surface area contributed by atoms with Gasteiger partial charge in [0, 0.05) is 25.6 Å². The van der Waals surface area contributed by atoms with Gasteiger partial charge in [-0.25, -0.2) is 17.5 Å². The molecule has 22 heavy (non-hydrogen) atoms. The van der Waals surface area contributed by atoms with Gasteiger partial charge >= 0.3 is 6.03 Å². The largest absolute Gasteiger partial charge is 0.359 e. The van der Waals surface area contributed by atoms with Crippen molar-refractivity contribution in [1.82, 2.24) is 14.8 Å². The predicted octanol–water partition coefficient (Wildman–Crippen LogP) is 1.02. The van der Waals surface area contributed by atoms with Crippen LogP contribution in [-0.4, -0.2) is 49.3 Å². The van der Waals surface area contributed by atoms with E-state index in [0.29, 0.717) is 36.8 Å². The molecular weight excluding hydrogens is 308 g/mol. The average Bonchev–Trinajstić information content (AvgIpc) is 3.16. The quantitative estimate of drug-likeness (QED) is 0.839. The lowest BCUT2D eigenvalue weighted by molar-refractivity contribution is 0.251. The molecule has 1 aliphatic heterocycles. The van der Waals surface area contributed by atoms with Crippen molar-refractivity contribution in [3.63, 3.8) is 0 Å². The number of hydrogen-bond acceptors (Lipinski definition) is 5. The van der Waals surface area contributed by atoms with Crippen LogP contribution in [-0.2, 0) is 10.0 Å². The molecule has 122 valence electrons. The number of nitrogens with one attached hydrogen (secondary N) is 2. The van der Waals surface area contributed by atoms with Gasteiger partial charge in [0.2, 0.25) is 10.0 Å². The van der Waals surface area contributed by atoms with Crippen molar-refractivity contribution in [2.24, 2.45) is 0 Å². The van der Waals surface area contributed by atoms with Crippen LogP contribution in [0, 0.1) is 6.92 Å². The molecule has 1 aliphatic carbocycles. The van der Waals surface area contributed by atoms with Crippen LogP contribution in [0.15, 0.2) is 4.52 Å². The zero-order chi connectivity index (χ0) is 15.7. The van der Waals surface area contributed by atoms with E-state index in [9.17, 15) is 13.2 Å². The van der Waals surface area contributed by atoms with Gasteiger partial charge in [0.1, 0.15) is 11.4 Å². The Balaban J connectivity index is 1.50. The van der Waals surface area contributed by atoms with Gasteiger partial charge in [0.25, 0.3) is 0 Å². The highest BCUT2D eigenvalue weighted by atomic mass is 32.2. The standard InChI is InChI=1S/C13H20N4O4S/c1-9-11(12(21-16-9)10-3-4-10)15-13(18)14-5-7-17-6-2-8-22(17,19)20/h10H,2-8H2,1H3,(H2,14,15,18). The number of anilines is 1. The zero-order valence-electron chi connectivity index (χ0n) is 12.5. The van der Waals surface area contributed by atoms with E-state index in [0.717, 1.165) is 18.6 Å². The molecule has 8 nitrogen and oxygen atoms in total. The molecular formula is C13H20N4O4S. The summed E-state index contributed by atoms with van der Waals surface area (Å²) in [6.07, 6.45) is 2.76. The van der Waals surface area contributed by atoms with Gasteiger partial charge in [0.15, 0.2) is 5.76 Å². The summed E-state index contributed by atoms with van der Waals surface area (Å²) < 4.78 is 29.9. The number of carbonyl (C=O) groups excluding carboxylic acids is 1. The van der Waals surface area contributed by atoms with Crippen molar-refractivity contribution >= 4 is 21.7 Å². The minimum absolute atomic E-state index is 0.198. The summed E-state index contributed by atoms with van der Waals surface area (Å²) in [5.74, 6) is 1.28. The molecule has 0 spiro atoms. The molecule has 0 unspecified atom stereocenters. The normalized spacial score (nSPS) is 21.0. The summed E-state index contributed by atoms with van der Waals surface area (Å²) in [6.45, 7) is 2.88. The number of sulfonamides is 1. The van der Waals surface area contributed by atoms with Crippen molar-refractivity contribution in [3.8, 4) is 0 Å². The van der Waals surface area contributed by atoms with Crippen LogP contribution in [0.4, 0.5) is 10.5 Å². The Hall–Kier alpha value is -1.61. The zero-order valence-corrected chi connectivity index (χ0v) is 13.3. The molecule has 1 saturated carbocycles. The van der Waals surface area contributed by atoms with Crippen molar-refractivity contribution in [1.29, 1.82) is 0 Å². The SMILES string of the molecule is Cc1noc(C2CC2)c1NC(=O)NCCN1CCCS1(=O)=O. The maximum absolute atomic E-state index is 11.9. The fourth-order valence-corrected chi connectivity index (χ4v) is 4.09. The summed E-state index contributed by atoms with van der Waals surface area (Å²) in [5.41, 5.74) is 1.29. The van der Waals surface area contributed by atoms with Crippen LogP contribution in [0.5, 0.6) is 0 Å². The average molecular weight is 328 g/mol. The second-order valence-corrected chi connectivity index (χ2v) is 7.82. The van der Waals surface area contributed by atoms with E-state index >= 15 is 0 Å². The molecule has 2 heterocycles. The Bertz CT molecular complexity index is 666. The molecule has 0 bridgehead atoms. The first-order chi connectivity index (χ1) is 10.5. The van der Waals surface area contributed by atoms with Crippen LogP contribution in [0.3, 0.4) is 0 Å². The molecule has 0 atom stereocenters. The first-order valence-corrected chi connectivity index (χ1v) is 9.07. The van der Waals surface area contributed by atoms with Gasteiger partial charge in [-0.1, -0.05) is 5.16 Å². The highest BCUT2D eigenvalue weighted by molar-refractivity contribution is 7.89. The highest BCUT2D eigenvalue weighted by Gasteiger charge is 2.32. The minimum atomic E-state index is -3.11. The van der Waals surface area contributed by atoms with Crippen molar-refractivity contribution < 1.29 is 17.7 Å². The van der Waals surface area contributed by atoms with E-state index < -0.39 is 10.0 Å². The van der Waals surface area contributed by atoms with Crippen LogP contribution >= 0.6 is 0 Å². The van der Waals surface area contributed by atoms with Gasteiger partial charge in [-0.15, -0.1) is 0 Å². The molecule has 2 N–H and O–H groups in total. The second kappa shape index (κ2) is 5.88. The molecule has 9 heteroatoms. The number of hydrogen-bond donors (Lipinski definition) is 2. The number of carbonyl (C=O) groups is 1. The Kier molecular flexibility index (Phi) is 4.09. The Morgan fingerprint density at radius 1 is 1.45 bits per heavy atom. The molecule has 0 aromatic carbocycles. The minimum Gasteiger partial charge on any atom is -0.359 e. The van der Waals surface area contributed by atoms with Crippen LogP contribution in [0.25, 0.3) is 0 Å². The van der Waals surface area contributed by atoms with E-state index in [2.05, 4.69) is 15.8 Å². The molecule has 1 saturated heterocycles. The van der Waals surface area contributed by atoms with Crippen LogP contribution in [0.1, 0.15) is 36.6 Å². The second-order valence-electron chi connectivity index (χ2n) is 5.73. The summed E-state index contributed by atoms with van der Waals surface area (Å²) in [4.78, 5) is 11.9. The van der Waals surface area contributed by atoms with E-state index in [-0.39, 0.29) is 18.3 Å². The third-order valence-electron chi connectivity index (χ3n) is 3.93. The summed E-state index contributed by atoms with van der Waals surface area (Å²) in [5, 5.41) is 9.31. The third-order valence-corrected chi connectivity index (χ3v) is 5.88. The van der Waals surface area contributed by atoms with Crippen molar-refractivity contribution in [3.05, 3.63) is 11.5 Å². The fraction of sp³-hybridized carbons (Fsp3) is 0.692. The lowest BCUT2D eigenvalue weighted by atomic mass is 10.2. The Labute approximate surface area is 129 Å². The van der Waals surface area contributed by atoms with Gasteiger partial charge < -0.3 is 15.2 Å². The number of nitrogens with zero attached hydrogens (tertiary/aromatic N) is 2. The molecule has 2 fully saturated rings. The highest BCUT2D eigenvalue weighted by Crippen LogP contribution is 2.44. The van der Waals surface area contributed by atoms with E-state index in [4.69, 9.17) is 4.52 Å². The van der Waals surface area contributed by atoms with Gasteiger partial charge in [-0.3, -0.25) is 0 Å². The first-order valence-electron chi connectivity index (χ1n) is 7.46. The van der Waals surface area contributed by atoms with Gasteiger partial charge in [0.05, 0.1) is 5.75 Å². The lowest BCUT2D eigenvalue weighted by Gasteiger charge is -2.14. The van der Waals surface area contributed by atoms with Crippen molar-refractivity contribution in [2.45, 2.75) is 32.1 Å².